The van der Waals surface area contributed by atoms with E-state index in [-0.39, 0.29) is 0 Å². The van der Waals surface area contributed by atoms with Gasteiger partial charge in [0, 0.05) is 6.04 Å². The Hall–Kier alpha value is -0.120. The van der Waals surface area contributed by atoms with Crippen molar-refractivity contribution in [2.75, 3.05) is 26.2 Å². The van der Waals surface area contributed by atoms with Crippen molar-refractivity contribution >= 4 is 0 Å². The molecule has 0 heterocycles. The molecule has 0 aromatic heterocycles. The number of nitrogens with one attached hydrogen (secondary N) is 2. The third kappa shape index (κ3) is 5.05. The van der Waals surface area contributed by atoms with Crippen LogP contribution in [-0.2, 0) is 0 Å². The largest absolute Gasteiger partial charge is 0.330 e. The lowest BCUT2D eigenvalue weighted by molar-refractivity contribution is 0.126. The van der Waals surface area contributed by atoms with Crippen LogP contribution in [0.15, 0.2) is 0 Å². The summed E-state index contributed by atoms with van der Waals surface area (Å²) in [7, 11) is 0. The normalized spacial score (nSPS) is 31.1. The molecule has 3 heteroatoms. The van der Waals surface area contributed by atoms with E-state index in [1.54, 1.807) is 0 Å². The zero-order valence-corrected chi connectivity index (χ0v) is 12.5. The second-order valence-electron chi connectivity index (χ2n) is 6.45. The summed E-state index contributed by atoms with van der Waals surface area (Å²) in [4.78, 5) is 0. The van der Waals surface area contributed by atoms with Gasteiger partial charge in [-0.1, -0.05) is 32.1 Å². The van der Waals surface area contributed by atoms with Crippen LogP contribution in [0.25, 0.3) is 0 Å². The van der Waals surface area contributed by atoms with E-state index in [1.165, 1.54) is 57.9 Å². The molecule has 2 fully saturated rings. The maximum Gasteiger partial charge on any atom is 0.00979 e. The van der Waals surface area contributed by atoms with Gasteiger partial charge in [-0.15, -0.1) is 0 Å². The van der Waals surface area contributed by atoms with E-state index < -0.39 is 0 Å². The van der Waals surface area contributed by atoms with Gasteiger partial charge in [-0.3, -0.25) is 0 Å². The van der Waals surface area contributed by atoms with Crippen molar-refractivity contribution in [2.45, 2.75) is 63.8 Å². The van der Waals surface area contributed by atoms with Crippen LogP contribution in [0, 0.1) is 11.8 Å². The molecule has 0 spiro atoms. The molecule has 112 valence electrons. The molecule has 2 saturated carbocycles. The zero-order chi connectivity index (χ0) is 13.3. The van der Waals surface area contributed by atoms with Gasteiger partial charge in [0.05, 0.1) is 0 Å². The van der Waals surface area contributed by atoms with Crippen LogP contribution in [0.5, 0.6) is 0 Å². The van der Waals surface area contributed by atoms with Crippen LogP contribution in [0.1, 0.15) is 57.8 Å². The second kappa shape index (κ2) is 8.93. The summed E-state index contributed by atoms with van der Waals surface area (Å²) in [5.74, 6) is 2.04. The van der Waals surface area contributed by atoms with Gasteiger partial charge in [0.2, 0.25) is 0 Å². The highest BCUT2D eigenvalue weighted by Gasteiger charge is 2.34. The summed E-state index contributed by atoms with van der Waals surface area (Å²) in [6.07, 6.45) is 12.7. The lowest BCUT2D eigenvalue weighted by Gasteiger charge is -2.42. The van der Waals surface area contributed by atoms with Crippen molar-refractivity contribution in [1.29, 1.82) is 0 Å². The van der Waals surface area contributed by atoms with Crippen LogP contribution < -0.4 is 16.4 Å². The molecule has 0 aromatic carbocycles. The molecule has 0 bridgehead atoms. The van der Waals surface area contributed by atoms with E-state index >= 15 is 0 Å². The lowest BCUT2D eigenvalue weighted by atomic mass is 9.68. The topological polar surface area (TPSA) is 50.1 Å². The van der Waals surface area contributed by atoms with Gasteiger partial charge in [-0.25, -0.2) is 0 Å². The highest BCUT2D eigenvalue weighted by atomic mass is 14.9. The standard InChI is InChI=1S/C16H33N3/c17-10-4-11-18-12-5-13-19-16-9-3-7-14-6-1-2-8-15(14)16/h14-16,18-19H,1-13,17H2. The molecule has 3 unspecified atom stereocenters. The van der Waals surface area contributed by atoms with E-state index in [0.717, 1.165) is 43.9 Å². The molecule has 0 saturated heterocycles. The number of hydrogen-bond donors (Lipinski definition) is 3. The predicted octanol–water partition coefficient (Wildman–Crippen LogP) is 2.26. The lowest BCUT2D eigenvalue weighted by Crippen LogP contribution is -2.44. The fourth-order valence-electron chi connectivity index (χ4n) is 4.04. The Kier molecular flexibility index (Phi) is 7.18. The van der Waals surface area contributed by atoms with E-state index in [2.05, 4.69) is 10.6 Å². The third-order valence-corrected chi connectivity index (χ3v) is 5.07. The molecule has 3 atom stereocenters. The minimum Gasteiger partial charge on any atom is -0.330 e. The molecule has 19 heavy (non-hydrogen) atoms. The first-order valence-electron chi connectivity index (χ1n) is 8.56. The predicted molar refractivity (Wildman–Crippen MR) is 82.2 cm³/mol. The van der Waals surface area contributed by atoms with Gasteiger partial charge in [-0.05, 0) is 63.7 Å². The van der Waals surface area contributed by atoms with Gasteiger partial charge in [-0.2, -0.15) is 0 Å². The quantitative estimate of drug-likeness (QED) is 0.591. The van der Waals surface area contributed by atoms with Gasteiger partial charge in [0.1, 0.15) is 0 Å². The fraction of sp³-hybridized carbons (Fsp3) is 1.00. The highest BCUT2D eigenvalue weighted by molar-refractivity contribution is 4.88. The Morgan fingerprint density at radius 3 is 2.53 bits per heavy atom. The van der Waals surface area contributed by atoms with Gasteiger partial charge < -0.3 is 16.4 Å². The molecule has 2 rings (SSSR count). The van der Waals surface area contributed by atoms with Crippen molar-refractivity contribution in [3.63, 3.8) is 0 Å². The van der Waals surface area contributed by atoms with Gasteiger partial charge in [0.15, 0.2) is 0 Å². The molecule has 2 aliphatic rings. The molecule has 3 nitrogen and oxygen atoms in total. The van der Waals surface area contributed by atoms with E-state index in [0.29, 0.717) is 0 Å². The summed E-state index contributed by atoms with van der Waals surface area (Å²) in [6, 6.07) is 0.822. The summed E-state index contributed by atoms with van der Waals surface area (Å²) in [6.45, 7) is 4.19. The Bertz CT molecular complexity index is 230. The summed E-state index contributed by atoms with van der Waals surface area (Å²) < 4.78 is 0. The Labute approximate surface area is 119 Å². The van der Waals surface area contributed by atoms with Crippen LogP contribution in [-0.4, -0.2) is 32.2 Å². The molecule has 4 N–H and O–H groups in total. The molecule has 2 aliphatic carbocycles. The summed E-state index contributed by atoms with van der Waals surface area (Å²) in [5, 5.41) is 7.31. The van der Waals surface area contributed by atoms with Crippen molar-refractivity contribution in [1.82, 2.24) is 10.6 Å². The molecule has 0 amide bonds. The summed E-state index contributed by atoms with van der Waals surface area (Å²) in [5.41, 5.74) is 5.48. The average molecular weight is 267 g/mol. The molecule has 0 radical (unpaired) electrons. The van der Waals surface area contributed by atoms with Crippen molar-refractivity contribution in [3.05, 3.63) is 0 Å². The van der Waals surface area contributed by atoms with Crippen molar-refractivity contribution in [2.24, 2.45) is 17.6 Å². The van der Waals surface area contributed by atoms with Crippen LogP contribution >= 0.6 is 0 Å². The van der Waals surface area contributed by atoms with Gasteiger partial charge >= 0.3 is 0 Å². The molecular formula is C16H33N3. The van der Waals surface area contributed by atoms with E-state index in [9.17, 15) is 0 Å². The number of hydrogen-bond acceptors (Lipinski definition) is 3. The first kappa shape index (κ1) is 15.3. The number of rotatable bonds is 8. The third-order valence-electron chi connectivity index (χ3n) is 5.07. The smallest absolute Gasteiger partial charge is 0.00979 e. The van der Waals surface area contributed by atoms with E-state index in [4.69, 9.17) is 5.73 Å². The maximum atomic E-state index is 5.48. The first-order valence-corrected chi connectivity index (χ1v) is 8.56. The first-order chi connectivity index (χ1) is 9.42. The van der Waals surface area contributed by atoms with Crippen molar-refractivity contribution < 1.29 is 0 Å². The Morgan fingerprint density at radius 2 is 1.63 bits per heavy atom. The van der Waals surface area contributed by atoms with Gasteiger partial charge in [0.25, 0.3) is 0 Å². The van der Waals surface area contributed by atoms with Crippen molar-refractivity contribution in [3.8, 4) is 0 Å². The highest BCUT2D eigenvalue weighted by Crippen LogP contribution is 2.40. The Morgan fingerprint density at radius 1 is 0.842 bits per heavy atom. The monoisotopic (exact) mass is 267 g/mol. The SMILES string of the molecule is NCCCNCCCNC1CCCC2CCCCC21. The van der Waals surface area contributed by atoms with E-state index in [1.807, 2.05) is 0 Å². The minimum atomic E-state index is 0.802. The average Bonchev–Trinajstić information content (AvgIpc) is 2.46. The zero-order valence-electron chi connectivity index (χ0n) is 12.5. The maximum absolute atomic E-state index is 5.48. The number of fused-ring (bicyclic) bond motifs is 1. The fourth-order valence-corrected chi connectivity index (χ4v) is 4.04. The van der Waals surface area contributed by atoms with Crippen LogP contribution in [0.4, 0.5) is 0 Å². The van der Waals surface area contributed by atoms with Crippen LogP contribution in [0.2, 0.25) is 0 Å². The molecule has 0 aromatic rings. The molecular weight excluding hydrogens is 234 g/mol. The minimum absolute atomic E-state index is 0.802. The molecule has 0 aliphatic heterocycles. The second-order valence-corrected chi connectivity index (χ2v) is 6.45. The summed E-state index contributed by atoms with van der Waals surface area (Å²) >= 11 is 0. The Balaban J connectivity index is 1.56. The van der Waals surface area contributed by atoms with Crippen LogP contribution in [0.3, 0.4) is 0 Å². The number of nitrogens with two attached hydrogens (primary N) is 1.